The maximum absolute atomic E-state index is 13.1. The van der Waals surface area contributed by atoms with Crippen molar-refractivity contribution in [1.82, 2.24) is 15.1 Å². The van der Waals surface area contributed by atoms with Crippen LogP contribution in [0.3, 0.4) is 0 Å². The minimum absolute atomic E-state index is 0.00102. The van der Waals surface area contributed by atoms with E-state index in [4.69, 9.17) is 4.74 Å². The summed E-state index contributed by atoms with van der Waals surface area (Å²) < 4.78 is 5.22. The Hall–Kier alpha value is -2.37. The van der Waals surface area contributed by atoms with Crippen molar-refractivity contribution in [1.29, 1.82) is 0 Å². The summed E-state index contributed by atoms with van der Waals surface area (Å²) in [5.41, 5.74) is 3.88. The maximum Gasteiger partial charge on any atom is 0.225 e. The van der Waals surface area contributed by atoms with Crippen LogP contribution in [0.15, 0.2) is 48.5 Å². The Bertz CT molecular complexity index is 877. The van der Waals surface area contributed by atoms with Crippen molar-refractivity contribution in [2.75, 3.05) is 46.9 Å². The fraction of sp³-hybridized carbons (Fsp3) is 0.519. The molecule has 2 aliphatic heterocycles. The van der Waals surface area contributed by atoms with Crippen LogP contribution in [-0.4, -0.2) is 62.6 Å². The monoisotopic (exact) mass is 435 g/mol. The van der Waals surface area contributed by atoms with Gasteiger partial charge in [-0.15, -0.1) is 0 Å². The zero-order chi connectivity index (χ0) is 22.3. The van der Waals surface area contributed by atoms with Crippen LogP contribution in [0.4, 0.5) is 0 Å². The Morgan fingerprint density at radius 1 is 1.03 bits per heavy atom. The van der Waals surface area contributed by atoms with Crippen molar-refractivity contribution in [2.24, 2.45) is 5.92 Å². The highest BCUT2D eigenvalue weighted by Gasteiger charge is 2.36. The lowest BCUT2D eigenvalue weighted by Gasteiger charge is -2.27. The number of likely N-dealkylation sites (N-methyl/N-ethyl adjacent to an activating group) is 1. The number of nitrogens with zero attached hydrogens (tertiary/aromatic N) is 2. The van der Waals surface area contributed by atoms with Crippen LogP contribution in [-0.2, 0) is 17.8 Å². The van der Waals surface area contributed by atoms with E-state index >= 15 is 0 Å². The van der Waals surface area contributed by atoms with Crippen LogP contribution in [0, 0.1) is 5.92 Å². The molecule has 1 N–H and O–H groups in total. The standard InChI is InChI=1S/C27H37N3O2/c1-29-19-25(23-8-6-7-22(17-23)18-30-15-4-3-5-16-30)26(20-29)27(31)28-14-13-21-9-11-24(32-2)12-10-21/h6-12,17,25-26H,3-5,13-16,18-20H2,1-2H3,(H,28,31). The van der Waals surface area contributed by atoms with Crippen molar-refractivity contribution in [3.05, 3.63) is 65.2 Å². The van der Waals surface area contributed by atoms with Gasteiger partial charge in [0.05, 0.1) is 13.0 Å². The molecule has 4 rings (SSSR count). The van der Waals surface area contributed by atoms with Crippen LogP contribution in [0.2, 0.25) is 0 Å². The van der Waals surface area contributed by atoms with Gasteiger partial charge in [0.2, 0.25) is 5.91 Å². The molecule has 1 amide bonds. The number of carbonyl (C=O) groups excluding carboxylic acids is 1. The Morgan fingerprint density at radius 2 is 1.81 bits per heavy atom. The Kier molecular flexibility index (Phi) is 7.82. The molecular formula is C27H37N3O2. The maximum atomic E-state index is 13.1. The molecule has 5 heteroatoms. The molecule has 2 aliphatic rings. The number of rotatable bonds is 8. The van der Waals surface area contributed by atoms with E-state index in [1.807, 2.05) is 12.1 Å². The Labute approximate surface area is 192 Å². The second-order valence-corrected chi connectivity index (χ2v) is 9.41. The first kappa shape index (κ1) is 22.8. The summed E-state index contributed by atoms with van der Waals surface area (Å²) in [6.45, 7) is 5.84. The zero-order valence-corrected chi connectivity index (χ0v) is 19.6. The van der Waals surface area contributed by atoms with Crippen molar-refractivity contribution in [2.45, 2.75) is 38.1 Å². The van der Waals surface area contributed by atoms with Gasteiger partial charge in [0.15, 0.2) is 0 Å². The van der Waals surface area contributed by atoms with E-state index in [-0.39, 0.29) is 17.7 Å². The van der Waals surface area contributed by atoms with E-state index < -0.39 is 0 Å². The highest BCUT2D eigenvalue weighted by atomic mass is 16.5. The molecule has 32 heavy (non-hydrogen) atoms. The van der Waals surface area contributed by atoms with Gasteiger partial charge in [-0.3, -0.25) is 9.69 Å². The number of benzene rings is 2. The summed E-state index contributed by atoms with van der Waals surface area (Å²) in [5.74, 6) is 1.29. The molecule has 2 aromatic rings. The summed E-state index contributed by atoms with van der Waals surface area (Å²) in [7, 11) is 3.79. The van der Waals surface area contributed by atoms with E-state index in [0.29, 0.717) is 6.54 Å². The molecule has 0 radical (unpaired) electrons. The number of methoxy groups -OCH3 is 1. The summed E-state index contributed by atoms with van der Waals surface area (Å²) in [5, 5.41) is 3.20. The van der Waals surface area contributed by atoms with Gasteiger partial charge in [-0.05, 0) is 68.2 Å². The molecule has 2 heterocycles. The molecule has 2 fully saturated rings. The van der Waals surface area contributed by atoms with Gasteiger partial charge in [-0.2, -0.15) is 0 Å². The zero-order valence-electron chi connectivity index (χ0n) is 19.6. The number of carbonyl (C=O) groups is 1. The van der Waals surface area contributed by atoms with Gasteiger partial charge in [-0.1, -0.05) is 42.8 Å². The third kappa shape index (κ3) is 5.90. The quantitative estimate of drug-likeness (QED) is 0.687. The minimum atomic E-state index is 0.00102. The molecular weight excluding hydrogens is 398 g/mol. The van der Waals surface area contributed by atoms with Crippen molar-refractivity contribution >= 4 is 5.91 Å². The van der Waals surface area contributed by atoms with Crippen LogP contribution in [0.25, 0.3) is 0 Å². The summed E-state index contributed by atoms with van der Waals surface area (Å²) in [4.78, 5) is 18.0. The smallest absolute Gasteiger partial charge is 0.225 e. The molecule has 0 aliphatic carbocycles. The molecule has 5 nitrogen and oxygen atoms in total. The van der Waals surface area contributed by atoms with E-state index in [2.05, 4.69) is 58.6 Å². The highest BCUT2D eigenvalue weighted by molar-refractivity contribution is 5.80. The van der Waals surface area contributed by atoms with E-state index in [9.17, 15) is 4.79 Å². The lowest BCUT2D eigenvalue weighted by molar-refractivity contribution is -0.124. The normalized spacial score (nSPS) is 22.1. The van der Waals surface area contributed by atoms with E-state index in [1.54, 1.807) is 7.11 Å². The summed E-state index contributed by atoms with van der Waals surface area (Å²) in [6.07, 6.45) is 4.81. The number of nitrogens with one attached hydrogen (secondary N) is 1. The molecule has 0 saturated carbocycles. The average Bonchev–Trinajstić information content (AvgIpc) is 3.22. The molecule has 172 valence electrons. The van der Waals surface area contributed by atoms with Crippen molar-refractivity contribution in [3.8, 4) is 5.75 Å². The predicted molar refractivity (Wildman–Crippen MR) is 129 cm³/mol. The fourth-order valence-corrected chi connectivity index (χ4v) is 5.16. The number of hydrogen-bond donors (Lipinski definition) is 1. The average molecular weight is 436 g/mol. The molecule has 2 atom stereocenters. The molecule has 2 saturated heterocycles. The number of ether oxygens (including phenoxy) is 1. The second-order valence-electron chi connectivity index (χ2n) is 9.41. The van der Waals surface area contributed by atoms with Crippen molar-refractivity contribution < 1.29 is 9.53 Å². The van der Waals surface area contributed by atoms with Gasteiger partial charge in [0.25, 0.3) is 0 Å². The van der Waals surface area contributed by atoms with Crippen LogP contribution in [0.1, 0.15) is 41.9 Å². The lowest BCUT2D eigenvalue weighted by Crippen LogP contribution is -2.35. The third-order valence-corrected chi connectivity index (χ3v) is 6.95. The molecule has 2 aromatic carbocycles. The third-order valence-electron chi connectivity index (χ3n) is 6.95. The first-order chi connectivity index (χ1) is 15.6. The topological polar surface area (TPSA) is 44.8 Å². The number of likely N-dealkylation sites (tertiary alicyclic amines) is 2. The largest absolute Gasteiger partial charge is 0.497 e. The van der Waals surface area contributed by atoms with Gasteiger partial charge >= 0.3 is 0 Å². The van der Waals surface area contributed by atoms with Crippen LogP contribution < -0.4 is 10.1 Å². The molecule has 0 spiro atoms. The van der Waals surface area contributed by atoms with E-state index in [1.165, 1.54) is 49.0 Å². The number of amides is 1. The number of piperidine rings is 1. The summed E-state index contributed by atoms with van der Waals surface area (Å²) >= 11 is 0. The van der Waals surface area contributed by atoms with Crippen LogP contribution >= 0.6 is 0 Å². The predicted octanol–water partition coefficient (Wildman–Crippen LogP) is 3.69. The van der Waals surface area contributed by atoms with Crippen molar-refractivity contribution in [3.63, 3.8) is 0 Å². The Morgan fingerprint density at radius 3 is 2.56 bits per heavy atom. The van der Waals surface area contributed by atoms with Crippen LogP contribution in [0.5, 0.6) is 5.75 Å². The summed E-state index contributed by atoms with van der Waals surface area (Å²) in [6, 6.07) is 17.0. The first-order valence-electron chi connectivity index (χ1n) is 12.0. The lowest BCUT2D eigenvalue weighted by atomic mass is 9.87. The molecule has 0 aromatic heterocycles. The fourth-order valence-electron chi connectivity index (χ4n) is 5.16. The van der Waals surface area contributed by atoms with E-state index in [0.717, 1.165) is 31.8 Å². The molecule has 2 unspecified atom stereocenters. The van der Waals surface area contributed by atoms with Gasteiger partial charge in [0, 0.05) is 32.1 Å². The molecule has 0 bridgehead atoms. The minimum Gasteiger partial charge on any atom is -0.497 e. The first-order valence-corrected chi connectivity index (χ1v) is 12.0. The van der Waals surface area contributed by atoms with Gasteiger partial charge in [-0.25, -0.2) is 0 Å². The van der Waals surface area contributed by atoms with Gasteiger partial charge < -0.3 is 15.0 Å². The Balaban J connectivity index is 1.35. The SMILES string of the molecule is COc1ccc(CCNC(=O)C2CN(C)CC2c2cccc(CN3CCCCC3)c2)cc1. The number of hydrogen-bond acceptors (Lipinski definition) is 4. The second kappa shape index (κ2) is 11.0. The highest BCUT2D eigenvalue weighted by Crippen LogP contribution is 2.33. The van der Waals surface area contributed by atoms with Gasteiger partial charge in [0.1, 0.15) is 5.75 Å².